The minimum Gasteiger partial charge on any atom is -0.325 e. The van der Waals surface area contributed by atoms with Crippen molar-refractivity contribution < 1.29 is 9.59 Å². The number of anilines is 2. The summed E-state index contributed by atoms with van der Waals surface area (Å²) < 4.78 is 0. The lowest BCUT2D eigenvalue weighted by atomic mass is 9.88. The molecule has 0 saturated carbocycles. The number of amides is 2. The number of benzene rings is 2. The summed E-state index contributed by atoms with van der Waals surface area (Å²) in [6, 6.07) is 13.7. The summed E-state index contributed by atoms with van der Waals surface area (Å²) in [6.45, 7) is 8.03. The molecule has 1 N–H and O–H groups in total. The summed E-state index contributed by atoms with van der Waals surface area (Å²) in [7, 11) is 0. The van der Waals surface area contributed by atoms with Crippen LogP contribution < -0.4 is 10.2 Å². The van der Waals surface area contributed by atoms with Crippen LogP contribution in [0.25, 0.3) is 0 Å². The molecule has 1 aliphatic heterocycles. The summed E-state index contributed by atoms with van der Waals surface area (Å²) in [5.41, 5.74) is 3.83. The Morgan fingerprint density at radius 2 is 1.77 bits per heavy atom. The van der Waals surface area contributed by atoms with Gasteiger partial charge in [-0.25, -0.2) is 0 Å². The van der Waals surface area contributed by atoms with E-state index in [1.54, 1.807) is 18.7 Å². The molecular formula is C22H26N2O2. The zero-order valence-corrected chi connectivity index (χ0v) is 15.9. The molecule has 4 heteroatoms. The molecule has 2 aromatic carbocycles. The van der Waals surface area contributed by atoms with E-state index in [9.17, 15) is 9.59 Å². The Labute approximate surface area is 155 Å². The zero-order chi connectivity index (χ0) is 18.9. The van der Waals surface area contributed by atoms with E-state index in [2.05, 4.69) is 11.4 Å². The third-order valence-corrected chi connectivity index (χ3v) is 5.31. The van der Waals surface area contributed by atoms with E-state index < -0.39 is 5.41 Å². The molecule has 0 fully saturated rings. The number of carbonyl (C=O) groups excluding carboxylic acids is 2. The van der Waals surface area contributed by atoms with Gasteiger partial charge in [0.2, 0.25) is 11.8 Å². The molecular weight excluding hydrogens is 324 g/mol. The SMILES string of the molecule is Cc1cccc(NC(=O)C(C)(C)C(=O)N2CCCc3ccccc32)c1C. The average molecular weight is 350 g/mol. The highest BCUT2D eigenvalue weighted by atomic mass is 16.2. The van der Waals surface area contributed by atoms with Crippen LogP contribution in [0.1, 0.15) is 37.0 Å². The lowest BCUT2D eigenvalue weighted by Crippen LogP contribution is -2.49. The molecule has 0 radical (unpaired) electrons. The third kappa shape index (κ3) is 3.24. The molecule has 2 aromatic rings. The molecule has 0 atom stereocenters. The molecule has 0 saturated heterocycles. The van der Waals surface area contributed by atoms with Crippen molar-refractivity contribution in [2.45, 2.75) is 40.5 Å². The molecule has 26 heavy (non-hydrogen) atoms. The van der Waals surface area contributed by atoms with Crippen molar-refractivity contribution in [2.75, 3.05) is 16.8 Å². The van der Waals surface area contributed by atoms with Gasteiger partial charge >= 0.3 is 0 Å². The summed E-state index contributed by atoms with van der Waals surface area (Å²) in [5, 5.41) is 2.95. The van der Waals surface area contributed by atoms with Gasteiger partial charge in [-0.2, -0.15) is 0 Å². The minimum atomic E-state index is -1.15. The number of hydrogen-bond donors (Lipinski definition) is 1. The maximum atomic E-state index is 13.2. The second kappa shape index (κ2) is 6.94. The van der Waals surface area contributed by atoms with Crippen LogP contribution in [0.5, 0.6) is 0 Å². The van der Waals surface area contributed by atoms with Gasteiger partial charge in [-0.3, -0.25) is 9.59 Å². The van der Waals surface area contributed by atoms with Crippen LogP contribution in [0, 0.1) is 19.3 Å². The molecule has 0 bridgehead atoms. The van der Waals surface area contributed by atoms with Crippen LogP contribution in [0.2, 0.25) is 0 Å². The lowest BCUT2D eigenvalue weighted by Gasteiger charge is -2.35. The van der Waals surface area contributed by atoms with Gasteiger partial charge in [0.25, 0.3) is 0 Å². The highest BCUT2D eigenvalue weighted by molar-refractivity contribution is 6.15. The second-order valence-corrected chi connectivity index (χ2v) is 7.52. The first-order chi connectivity index (χ1) is 12.3. The molecule has 4 nitrogen and oxygen atoms in total. The maximum Gasteiger partial charge on any atom is 0.242 e. The Bertz CT molecular complexity index is 855. The number of hydrogen-bond acceptors (Lipinski definition) is 2. The van der Waals surface area contributed by atoms with E-state index in [4.69, 9.17) is 0 Å². The van der Waals surface area contributed by atoms with Gasteiger partial charge in [0.15, 0.2) is 0 Å². The van der Waals surface area contributed by atoms with Gasteiger partial charge in [-0.15, -0.1) is 0 Å². The monoisotopic (exact) mass is 350 g/mol. The van der Waals surface area contributed by atoms with Crippen LogP contribution in [0.3, 0.4) is 0 Å². The smallest absolute Gasteiger partial charge is 0.242 e. The summed E-state index contributed by atoms with van der Waals surface area (Å²) in [6.07, 6.45) is 1.88. The van der Waals surface area contributed by atoms with Gasteiger partial charge in [0.05, 0.1) is 0 Å². The zero-order valence-electron chi connectivity index (χ0n) is 15.9. The topological polar surface area (TPSA) is 49.4 Å². The van der Waals surface area contributed by atoms with Crippen molar-refractivity contribution in [3.8, 4) is 0 Å². The molecule has 0 aromatic heterocycles. The number of nitrogens with one attached hydrogen (secondary N) is 1. The minimum absolute atomic E-state index is 0.160. The number of fused-ring (bicyclic) bond motifs is 1. The molecule has 2 amide bonds. The standard InChI is InChI=1S/C22H26N2O2/c1-15-9-7-12-18(16(15)2)23-20(25)22(3,4)21(26)24-14-8-11-17-10-5-6-13-19(17)24/h5-7,9-10,12-13H,8,11,14H2,1-4H3,(H,23,25). The van der Waals surface area contributed by atoms with Crippen LogP contribution in [-0.2, 0) is 16.0 Å². The lowest BCUT2D eigenvalue weighted by molar-refractivity contribution is -0.136. The molecule has 0 aliphatic carbocycles. The number of aryl methyl sites for hydroxylation is 2. The fourth-order valence-corrected chi connectivity index (χ4v) is 3.34. The predicted molar refractivity (Wildman–Crippen MR) is 105 cm³/mol. The largest absolute Gasteiger partial charge is 0.325 e. The quantitative estimate of drug-likeness (QED) is 0.842. The number of carbonyl (C=O) groups is 2. The van der Waals surface area contributed by atoms with E-state index in [1.807, 2.05) is 50.2 Å². The van der Waals surface area contributed by atoms with E-state index in [0.29, 0.717) is 6.54 Å². The fraction of sp³-hybridized carbons (Fsp3) is 0.364. The van der Waals surface area contributed by atoms with Crippen molar-refractivity contribution in [2.24, 2.45) is 5.41 Å². The van der Waals surface area contributed by atoms with Crippen LogP contribution in [-0.4, -0.2) is 18.4 Å². The van der Waals surface area contributed by atoms with Crippen molar-refractivity contribution in [1.29, 1.82) is 0 Å². The van der Waals surface area contributed by atoms with Crippen molar-refractivity contribution in [3.05, 3.63) is 59.2 Å². The Kier molecular flexibility index (Phi) is 4.86. The Morgan fingerprint density at radius 3 is 2.54 bits per heavy atom. The number of rotatable bonds is 3. The number of nitrogens with zero attached hydrogens (tertiary/aromatic N) is 1. The predicted octanol–water partition coefficient (Wildman–Crippen LogP) is 4.25. The van der Waals surface area contributed by atoms with E-state index in [0.717, 1.165) is 40.9 Å². The van der Waals surface area contributed by atoms with E-state index in [1.165, 1.54) is 0 Å². The van der Waals surface area contributed by atoms with Crippen LogP contribution in [0.15, 0.2) is 42.5 Å². The van der Waals surface area contributed by atoms with Crippen LogP contribution >= 0.6 is 0 Å². The Morgan fingerprint density at radius 1 is 1.04 bits per heavy atom. The average Bonchev–Trinajstić information content (AvgIpc) is 2.64. The first-order valence-corrected chi connectivity index (χ1v) is 9.10. The summed E-state index contributed by atoms with van der Waals surface area (Å²) >= 11 is 0. The van der Waals surface area contributed by atoms with Crippen molar-refractivity contribution in [1.82, 2.24) is 0 Å². The highest BCUT2D eigenvalue weighted by Crippen LogP contribution is 2.32. The van der Waals surface area contributed by atoms with Gasteiger partial charge < -0.3 is 10.2 Å². The molecule has 3 rings (SSSR count). The number of para-hydroxylation sites is 1. The normalized spacial score (nSPS) is 13.9. The van der Waals surface area contributed by atoms with Crippen LogP contribution in [0.4, 0.5) is 11.4 Å². The van der Waals surface area contributed by atoms with Gasteiger partial charge in [-0.1, -0.05) is 30.3 Å². The summed E-state index contributed by atoms with van der Waals surface area (Å²) in [5.74, 6) is -0.438. The molecule has 1 aliphatic rings. The van der Waals surface area contributed by atoms with Crippen molar-refractivity contribution in [3.63, 3.8) is 0 Å². The summed E-state index contributed by atoms with van der Waals surface area (Å²) in [4.78, 5) is 27.9. The molecule has 136 valence electrons. The Balaban J connectivity index is 1.84. The third-order valence-electron chi connectivity index (χ3n) is 5.31. The molecule has 0 unspecified atom stereocenters. The van der Waals surface area contributed by atoms with Crippen molar-refractivity contribution >= 4 is 23.2 Å². The molecule has 1 heterocycles. The first-order valence-electron chi connectivity index (χ1n) is 9.10. The van der Waals surface area contributed by atoms with Gasteiger partial charge in [0, 0.05) is 17.9 Å². The Hall–Kier alpha value is -2.62. The van der Waals surface area contributed by atoms with E-state index in [-0.39, 0.29) is 11.8 Å². The van der Waals surface area contributed by atoms with Gasteiger partial charge in [0.1, 0.15) is 5.41 Å². The first kappa shape index (κ1) is 18.2. The fourth-order valence-electron chi connectivity index (χ4n) is 3.34. The maximum absolute atomic E-state index is 13.2. The van der Waals surface area contributed by atoms with Gasteiger partial charge in [-0.05, 0) is 69.4 Å². The second-order valence-electron chi connectivity index (χ2n) is 7.52. The van der Waals surface area contributed by atoms with E-state index >= 15 is 0 Å². The molecule has 0 spiro atoms. The highest BCUT2D eigenvalue weighted by Gasteiger charge is 2.40.